The molecule has 13 heteroatoms. The van der Waals surface area contributed by atoms with Crippen LogP contribution in [0.5, 0.6) is 0 Å². The molecule has 5 atom stereocenters. The number of aliphatic carboxylic acids is 1. The Morgan fingerprint density at radius 1 is 0.909 bits per heavy atom. The summed E-state index contributed by atoms with van der Waals surface area (Å²) in [6, 6.07) is 2.74. The molecule has 0 aromatic heterocycles. The SMILES string of the molecule is CC(O)C(N)C(=O)NC(Cc1ccccc1)C(=O)NC(CO)C(=O)NC(CC(N)=O)C(=O)O. The number of nitrogens with one attached hydrogen (secondary N) is 3. The van der Waals surface area contributed by atoms with Crippen LogP contribution >= 0.6 is 0 Å². The summed E-state index contributed by atoms with van der Waals surface area (Å²) in [6.07, 6.45) is -1.90. The highest BCUT2D eigenvalue weighted by molar-refractivity contribution is 5.95. The summed E-state index contributed by atoms with van der Waals surface area (Å²) in [5.74, 6) is -5.29. The largest absolute Gasteiger partial charge is 0.480 e. The summed E-state index contributed by atoms with van der Waals surface area (Å²) in [5, 5.41) is 34.8. The van der Waals surface area contributed by atoms with Crippen LogP contribution in [-0.4, -0.2) is 81.8 Å². The quantitative estimate of drug-likeness (QED) is 0.142. The normalized spacial score (nSPS) is 15.3. The van der Waals surface area contributed by atoms with Crippen LogP contribution < -0.4 is 27.4 Å². The molecule has 0 saturated carbocycles. The third-order valence-electron chi connectivity index (χ3n) is 4.57. The summed E-state index contributed by atoms with van der Waals surface area (Å²) in [4.78, 5) is 59.7. The van der Waals surface area contributed by atoms with Crippen molar-refractivity contribution in [3.8, 4) is 0 Å². The number of aliphatic hydroxyl groups is 2. The molecule has 0 aliphatic rings. The molecule has 0 saturated heterocycles. The lowest BCUT2D eigenvalue weighted by Gasteiger charge is -2.24. The maximum absolute atomic E-state index is 12.8. The number of aliphatic hydroxyl groups excluding tert-OH is 2. The van der Waals surface area contributed by atoms with Gasteiger partial charge in [-0.15, -0.1) is 0 Å². The molecule has 4 amide bonds. The van der Waals surface area contributed by atoms with Gasteiger partial charge in [-0.1, -0.05) is 30.3 Å². The van der Waals surface area contributed by atoms with Crippen molar-refractivity contribution in [3.05, 3.63) is 35.9 Å². The van der Waals surface area contributed by atoms with Crippen LogP contribution in [0.2, 0.25) is 0 Å². The van der Waals surface area contributed by atoms with Crippen molar-refractivity contribution in [3.63, 3.8) is 0 Å². The highest BCUT2D eigenvalue weighted by Crippen LogP contribution is 2.05. The molecule has 1 aromatic rings. The molecule has 33 heavy (non-hydrogen) atoms. The lowest BCUT2D eigenvalue weighted by molar-refractivity contribution is -0.144. The van der Waals surface area contributed by atoms with Crippen LogP contribution in [0.4, 0.5) is 0 Å². The Bertz CT molecular complexity index is 848. The first kappa shape index (κ1) is 27.5. The molecule has 10 N–H and O–H groups in total. The molecule has 0 aliphatic heterocycles. The first-order valence-electron chi connectivity index (χ1n) is 9.96. The minimum Gasteiger partial charge on any atom is -0.480 e. The number of primary amides is 1. The third kappa shape index (κ3) is 9.22. The van der Waals surface area contributed by atoms with Gasteiger partial charge in [0.15, 0.2) is 0 Å². The Kier molecular flexibility index (Phi) is 10.9. The van der Waals surface area contributed by atoms with Crippen LogP contribution in [0.15, 0.2) is 30.3 Å². The van der Waals surface area contributed by atoms with Gasteiger partial charge in [0.2, 0.25) is 23.6 Å². The number of nitrogens with two attached hydrogens (primary N) is 2. The summed E-state index contributed by atoms with van der Waals surface area (Å²) in [7, 11) is 0. The van der Waals surface area contributed by atoms with Gasteiger partial charge >= 0.3 is 5.97 Å². The third-order valence-corrected chi connectivity index (χ3v) is 4.57. The number of carbonyl (C=O) groups is 5. The van der Waals surface area contributed by atoms with Crippen LogP contribution in [0.1, 0.15) is 18.9 Å². The molecular formula is C20H29N5O8. The van der Waals surface area contributed by atoms with E-state index in [4.69, 9.17) is 16.6 Å². The van der Waals surface area contributed by atoms with Crippen molar-refractivity contribution in [2.75, 3.05) is 6.61 Å². The predicted octanol–water partition coefficient (Wildman–Crippen LogP) is -3.66. The van der Waals surface area contributed by atoms with Gasteiger partial charge in [-0.05, 0) is 12.5 Å². The molecule has 0 heterocycles. The van der Waals surface area contributed by atoms with E-state index >= 15 is 0 Å². The Morgan fingerprint density at radius 2 is 1.42 bits per heavy atom. The average Bonchev–Trinajstić information content (AvgIpc) is 2.75. The number of amides is 4. The molecule has 1 aromatic carbocycles. The fraction of sp³-hybridized carbons (Fsp3) is 0.450. The average molecular weight is 467 g/mol. The predicted molar refractivity (Wildman–Crippen MR) is 114 cm³/mol. The van der Waals surface area contributed by atoms with Gasteiger partial charge in [0.25, 0.3) is 0 Å². The Balaban J connectivity index is 2.99. The fourth-order valence-corrected chi connectivity index (χ4v) is 2.69. The molecular weight excluding hydrogens is 438 g/mol. The second-order valence-electron chi connectivity index (χ2n) is 7.33. The van der Waals surface area contributed by atoms with Crippen molar-refractivity contribution in [1.29, 1.82) is 0 Å². The number of benzene rings is 1. The van der Waals surface area contributed by atoms with E-state index in [9.17, 15) is 34.2 Å². The minimum atomic E-state index is -1.66. The number of carboxylic acid groups (broad SMARTS) is 1. The van der Waals surface area contributed by atoms with E-state index in [1.165, 1.54) is 6.92 Å². The van der Waals surface area contributed by atoms with Gasteiger partial charge in [0.1, 0.15) is 24.2 Å². The molecule has 0 spiro atoms. The van der Waals surface area contributed by atoms with Gasteiger partial charge in [-0.3, -0.25) is 19.2 Å². The number of carboxylic acids is 1. The zero-order valence-corrected chi connectivity index (χ0v) is 17.9. The summed E-state index contributed by atoms with van der Waals surface area (Å²) in [5.41, 5.74) is 11.2. The Labute approximate surface area is 189 Å². The van der Waals surface area contributed by atoms with Gasteiger partial charge in [0, 0.05) is 6.42 Å². The molecule has 0 radical (unpaired) electrons. The van der Waals surface area contributed by atoms with Crippen molar-refractivity contribution in [1.82, 2.24) is 16.0 Å². The molecule has 182 valence electrons. The molecule has 0 fully saturated rings. The van der Waals surface area contributed by atoms with Crippen LogP contribution in [0.3, 0.4) is 0 Å². The van der Waals surface area contributed by atoms with Crippen molar-refractivity contribution in [2.45, 2.75) is 50.0 Å². The lowest BCUT2D eigenvalue weighted by atomic mass is 10.0. The van der Waals surface area contributed by atoms with E-state index in [2.05, 4.69) is 10.6 Å². The van der Waals surface area contributed by atoms with Crippen molar-refractivity contribution in [2.24, 2.45) is 11.5 Å². The first-order chi connectivity index (χ1) is 15.5. The van der Waals surface area contributed by atoms with Crippen LogP contribution in [-0.2, 0) is 30.4 Å². The summed E-state index contributed by atoms with van der Waals surface area (Å²) < 4.78 is 0. The van der Waals surface area contributed by atoms with Crippen molar-refractivity contribution < 1.29 is 39.3 Å². The summed E-state index contributed by atoms with van der Waals surface area (Å²) in [6.45, 7) is 0.396. The Morgan fingerprint density at radius 3 is 1.91 bits per heavy atom. The van der Waals surface area contributed by atoms with Crippen LogP contribution in [0.25, 0.3) is 0 Å². The zero-order valence-electron chi connectivity index (χ0n) is 17.9. The van der Waals surface area contributed by atoms with E-state index in [1.54, 1.807) is 30.3 Å². The van der Waals surface area contributed by atoms with E-state index in [0.29, 0.717) is 5.56 Å². The van der Waals surface area contributed by atoms with E-state index in [-0.39, 0.29) is 6.42 Å². The Hall–Kier alpha value is -3.55. The standard InChI is InChI=1S/C20H29N5O8/c1-10(27)16(22)19(31)23-12(7-11-5-3-2-4-6-11)17(29)25-14(9-26)18(30)24-13(20(32)33)8-15(21)28/h2-6,10,12-14,16,26-27H,7-9,22H2,1H3,(H2,21,28)(H,23,31)(H,24,30)(H,25,29)(H,32,33). The van der Waals surface area contributed by atoms with Crippen molar-refractivity contribution >= 4 is 29.6 Å². The highest BCUT2D eigenvalue weighted by Gasteiger charge is 2.31. The maximum Gasteiger partial charge on any atom is 0.326 e. The van der Waals surface area contributed by atoms with Gasteiger partial charge in [0.05, 0.1) is 19.1 Å². The highest BCUT2D eigenvalue weighted by atomic mass is 16.4. The minimum absolute atomic E-state index is 0.00978. The van der Waals surface area contributed by atoms with Gasteiger partial charge in [-0.25, -0.2) is 4.79 Å². The molecule has 0 aliphatic carbocycles. The second-order valence-corrected chi connectivity index (χ2v) is 7.33. The number of rotatable bonds is 13. The molecule has 13 nitrogen and oxygen atoms in total. The lowest BCUT2D eigenvalue weighted by Crippen LogP contribution is -2.59. The van der Waals surface area contributed by atoms with E-state index < -0.39 is 72.9 Å². The summed E-state index contributed by atoms with van der Waals surface area (Å²) >= 11 is 0. The second kappa shape index (κ2) is 13.1. The monoisotopic (exact) mass is 467 g/mol. The molecule has 0 bridgehead atoms. The molecule has 5 unspecified atom stereocenters. The van der Waals surface area contributed by atoms with Gasteiger partial charge < -0.3 is 42.7 Å². The fourth-order valence-electron chi connectivity index (χ4n) is 2.69. The first-order valence-corrected chi connectivity index (χ1v) is 9.96. The number of hydrogen-bond acceptors (Lipinski definition) is 8. The zero-order chi connectivity index (χ0) is 25.1. The van der Waals surface area contributed by atoms with E-state index in [0.717, 1.165) is 0 Å². The topological polar surface area (TPSA) is 234 Å². The smallest absolute Gasteiger partial charge is 0.326 e. The number of carbonyl (C=O) groups excluding carboxylic acids is 4. The van der Waals surface area contributed by atoms with E-state index in [1.807, 2.05) is 5.32 Å². The van der Waals surface area contributed by atoms with Crippen LogP contribution in [0, 0.1) is 0 Å². The number of hydrogen-bond donors (Lipinski definition) is 8. The van der Waals surface area contributed by atoms with Gasteiger partial charge in [-0.2, -0.15) is 0 Å². The maximum atomic E-state index is 12.8. The molecule has 1 rings (SSSR count).